The van der Waals surface area contributed by atoms with Gasteiger partial charge in [0.15, 0.2) is 0 Å². The molecule has 0 N–H and O–H groups in total. The minimum Gasteiger partial charge on any atom is -0.465 e. The molecule has 2 bridgehead atoms. The van der Waals surface area contributed by atoms with Crippen molar-refractivity contribution in [3.05, 3.63) is 12.2 Å². The van der Waals surface area contributed by atoms with Crippen LogP contribution in [0.5, 0.6) is 0 Å². The van der Waals surface area contributed by atoms with E-state index in [1.54, 1.807) is 0 Å². The van der Waals surface area contributed by atoms with Crippen molar-refractivity contribution >= 4 is 5.97 Å². The largest absolute Gasteiger partial charge is 0.465 e. The van der Waals surface area contributed by atoms with Gasteiger partial charge in [0.05, 0.1) is 12.0 Å². The first-order valence-electron chi connectivity index (χ1n) is 7.98. The molecule has 2 heteroatoms. The van der Waals surface area contributed by atoms with Crippen molar-refractivity contribution in [2.24, 2.45) is 23.2 Å². The Morgan fingerprint density at radius 2 is 2.21 bits per heavy atom. The van der Waals surface area contributed by atoms with Crippen LogP contribution >= 0.6 is 0 Å². The smallest absolute Gasteiger partial charge is 0.315 e. The van der Waals surface area contributed by atoms with Crippen LogP contribution in [-0.2, 0) is 9.53 Å². The fraction of sp³-hybridized carbons (Fsp3) is 0.824. The maximum absolute atomic E-state index is 12.4. The van der Waals surface area contributed by atoms with Crippen LogP contribution in [0.4, 0.5) is 0 Å². The highest BCUT2D eigenvalue weighted by Crippen LogP contribution is 2.52. The Kier molecular flexibility index (Phi) is 4.70. The van der Waals surface area contributed by atoms with Crippen molar-refractivity contribution in [1.29, 1.82) is 0 Å². The van der Waals surface area contributed by atoms with Crippen LogP contribution < -0.4 is 0 Å². The number of hydrogen-bond acceptors (Lipinski definition) is 2. The van der Waals surface area contributed by atoms with Gasteiger partial charge in [-0.05, 0) is 37.0 Å². The molecule has 0 aromatic rings. The van der Waals surface area contributed by atoms with Crippen molar-refractivity contribution < 1.29 is 9.53 Å². The van der Waals surface area contributed by atoms with E-state index in [0.29, 0.717) is 24.4 Å². The lowest BCUT2D eigenvalue weighted by Gasteiger charge is -2.24. The van der Waals surface area contributed by atoms with Crippen LogP contribution in [0.15, 0.2) is 12.2 Å². The van der Waals surface area contributed by atoms with Gasteiger partial charge in [-0.1, -0.05) is 52.2 Å². The highest BCUT2D eigenvalue weighted by Gasteiger charge is 2.51. The quantitative estimate of drug-likeness (QED) is 0.505. The fourth-order valence-corrected chi connectivity index (χ4v) is 3.60. The van der Waals surface area contributed by atoms with Gasteiger partial charge in [0.25, 0.3) is 0 Å². The molecule has 2 aliphatic rings. The maximum Gasteiger partial charge on any atom is 0.315 e. The molecule has 19 heavy (non-hydrogen) atoms. The average molecular weight is 264 g/mol. The predicted octanol–water partition coefficient (Wildman–Crippen LogP) is 4.35. The van der Waals surface area contributed by atoms with E-state index >= 15 is 0 Å². The number of fused-ring (bicyclic) bond motifs is 2. The molecule has 4 atom stereocenters. The van der Waals surface area contributed by atoms with Gasteiger partial charge in [-0.2, -0.15) is 0 Å². The summed E-state index contributed by atoms with van der Waals surface area (Å²) in [4.78, 5) is 12.4. The summed E-state index contributed by atoms with van der Waals surface area (Å²) in [5.74, 6) is 1.82. The Morgan fingerprint density at radius 3 is 2.74 bits per heavy atom. The molecule has 2 rings (SSSR count). The summed E-state index contributed by atoms with van der Waals surface area (Å²) in [6, 6.07) is 0. The first kappa shape index (κ1) is 14.6. The molecule has 0 radical (unpaired) electrons. The van der Waals surface area contributed by atoms with Gasteiger partial charge < -0.3 is 4.74 Å². The predicted molar refractivity (Wildman–Crippen MR) is 77.7 cm³/mol. The van der Waals surface area contributed by atoms with Crippen molar-refractivity contribution in [2.75, 3.05) is 6.61 Å². The minimum absolute atomic E-state index is 0.0329. The van der Waals surface area contributed by atoms with Crippen molar-refractivity contribution in [3.63, 3.8) is 0 Å². The summed E-state index contributed by atoms with van der Waals surface area (Å²) in [6.07, 6.45) is 11.1. The zero-order chi connectivity index (χ0) is 13.9. The fourth-order valence-electron chi connectivity index (χ4n) is 3.60. The molecule has 2 aliphatic carbocycles. The van der Waals surface area contributed by atoms with E-state index in [0.717, 1.165) is 19.3 Å². The van der Waals surface area contributed by atoms with Gasteiger partial charge in [0.1, 0.15) is 0 Å². The molecule has 0 aliphatic heterocycles. The number of hydrogen-bond donors (Lipinski definition) is 0. The molecule has 0 saturated heterocycles. The van der Waals surface area contributed by atoms with Gasteiger partial charge >= 0.3 is 5.97 Å². The maximum atomic E-state index is 12.4. The summed E-state index contributed by atoms with van der Waals surface area (Å²) in [7, 11) is 0. The van der Waals surface area contributed by atoms with E-state index in [2.05, 4.69) is 32.9 Å². The SMILES string of the molecule is CCCCC(CC)COC(=O)C12C=CC(C1)C(C)C2. The molecule has 0 heterocycles. The van der Waals surface area contributed by atoms with Gasteiger partial charge in [-0.3, -0.25) is 4.79 Å². The van der Waals surface area contributed by atoms with Crippen molar-refractivity contribution in [1.82, 2.24) is 0 Å². The summed E-state index contributed by atoms with van der Waals surface area (Å²) in [6.45, 7) is 7.26. The summed E-state index contributed by atoms with van der Waals surface area (Å²) in [5.41, 5.74) is -0.271. The molecule has 2 nitrogen and oxygen atoms in total. The number of unbranched alkanes of at least 4 members (excludes halogenated alkanes) is 1. The number of esters is 1. The Hall–Kier alpha value is -0.790. The Bertz CT molecular complexity index is 347. The second-order valence-corrected chi connectivity index (χ2v) is 6.58. The molecule has 0 aromatic heterocycles. The van der Waals surface area contributed by atoms with E-state index in [1.807, 2.05) is 0 Å². The zero-order valence-corrected chi connectivity index (χ0v) is 12.7. The number of allylic oxidation sites excluding steroid dienone is 1. The highest BCUT2D eigenvalue weighted by atomic mass is 16.5. The van der Waals surface area contributed by atoms with Crippen LogP contribution in [0, 0.1) is 23.2 Å². The topological polar surface area (TPSA) is 26.3 Å². The standard InChI is InChI=1S/C17H28O2/c1-4-6-7-14(5-2)12-19-16(18)17-9-8-15(11-17)13(3)10-17/h8-9,13-15H,4-7,10-12H2,1-3H3. The van der Waals surface area contributed by atoms with Gasteiger partial charge in [-0.25, -0.2) is 0 Å². The van der Waals surface area contributed by atoms with E-state index in [9.17, 15) is 4.79 Å². The lowest BCUT2D eigenvalue weighted by molar-refractivity contribution is -0.154. The Balaban J connectivity index is 1.83. The Labute approximate surface area is 117 Å². The molecular formula is C17H28O2. The minimum atomic E-state index is -0.271. The molecule has 1 fully saturated rings. The second-order valence-electron chi connectivity index (χ2n) is 6.58. The second kappa shape index (κ2) is 6.11. The average Bonchev–Trinajstić information content (AvgIpc) is 2.97. The number of ether oxygens (including phenoxy) is 1. The normalized spacial score (nSPS) is 33.6. The molecule has 108 valence electrons. The lowest BCUT2D eigenvalue weighted by atomic mass is 9.85. The summed E-state index contributed by atoms with van der Waals surface area (Å²) >= 11 is 0. The molecule has 0 aromatic carbocycles. The number of carbonyl (C=O) groups is 1. The number of carbonyl (C=O) groups excluding carboxylic acids is 1. The van der Waals surface area contributed by atoms with E-state index in [4.69, 9.17) is 4.74 Å². The van der Waals surface area contributed by atoms with Crippen LogP contribution in [0.2, 0.25) is 0 Å². The summed E-state index contributed by atoms with van der Waals surface area (Å²) in [5, 5.41) is 0. The third kappa shape index (κ3) is 3.04. The van der Waals surface area contributed by atoms with Gasteiger partial charge in [-0.15, -0.1) is 0 Å². The Morgan fingerprint density at radius 1 is 1.42 bits per heavy atom. The van der Waals surface area contributed by atoms with Gasteiger partial charge in [0.2, 0.25) is 0 Å². The molecule has 0 spiro atoms. The zero-order valence-electron chi connectivity index (χ0n) is 12.7. The molecule has 1 saturated carbocycles. The van der Waals surface area contributed by atoms with Crippen LogP contribution in [-0.4, -0.2) is 12.6 Å². The van der Waals surface area contributed by atoms with Gasteiger partial charge in [0, 0.05) is 0 Å². The molecule has 0 amide bonds. The highest BCUT2D eigenvalue weighted by molar-refractivity contribution is 5.80. The monoisotopic (exact) mass is 264 g/mol. The number of rotatable bonds is 7. The van der Waals surface area contributed by atoms with Crippen LogP contribution in [0.25, 0.3) is 0 Å². The third-order valence-corrected chi connectivity index (χ3v) is 5.08. The molecule has 4 unspecified atom stereocenters. The first-order valence-corrected chi connectivity index (χ1v) is 7.98. The first-order chi connectivity index (χ1) is 9.11. The van der Waals surface area contributed by atoms with Crippen molar-refractivity contribution in [2.45, 2.75) is 59.3 Å². The van der Waals surface area contributed by atoms with E-state index in [1.165, 1.54) is 19.3 Å². The summed E-state index contributed by atoms with van der Waals surface area (Å²) < 4.78 is 5.66. The van der Waals surface area contributed by atoms with Crippen molar-refractivity contribution in [3.8, 4) is 0 Å². The molecular weight excluding hydrogens is 236 g/mol. The van der Waals surface area contributed by atoms with Crippen LogP contribution in [0.1, 0.15) is 59.3 Å². The van der Waals surface area contributed by atoms with E-state index < -0.39 is 0 Å². The third-order valence-electron chi connectivity index (χ3n) is 5.08. The lowest BCUT2D eigenvalue weighted by Crippen LogP contribution is -2.29. The van der Waals surface area contributed by atoms with E-state index in [-0.39, 0.29) is 11.4 Å². The van der Waals surface area contributed by atoms with Crippen LogP contribution in [0.3, 0.4) is 0 Å².